The van der Waals surface area contributed by atoms with Crippen LogP contribution < -0.4 is 10.1 Å². The molecule has 152 valence electrons. The van der Waals surface area contributed by atoms with Crippen LogP contribution in [0.1, 0.15) is 22.4 Å². The largest absolute Gasteiger partial charge is 0.497 e. The zero-order valence-corrected chi connectivity index (χ0v) is 18.4. The zero-order valence-electron chi connectivity index (χ0n) is 17.6. The number of likely N-dealkylation sites (N-methyl/N-ethyl adjacent to an activating group) is 1. The molecule has 0 aliphatic rings. The SMILES string of the molecule is COc1cccc(-c2nc(CN(C)CC(=O)Nc3c(C)cc(C)cc3C)cs2)c1. The van der Waals surface area contributed by atoms with E-state index in [9.17, 15) is 4.79 Å². The lowest BCUT2D eigenvalue weighted by Gasteiger charge is -2.17. The van der Waals surface area contributed by atoms with E-state index in [1.165, 1.54) is 5.56 Å². The summed E-state index contributed by atoms with van der Waals surface area (Å²) in [6.45, 7) is 7.02. The highest BCUT2D eigenvalue weighted by Gasteiger charge is 2.13. The Kier molecular flexibility index (Phi) is 6.67. The van der Waals surface area contributed by atoms with E-state index in [-0.39, 0.29) is 5.91 Å². The number of amides is 1. The molecule has 6 heteroatoms. The number of carbonyl (C=O) groups excluding carboxylic acids is 1. The maximum absolute atomic E-state index is 12.5. The van der Waals surface area contributed by atoms with Crippen molar-refractivity contribution in [2.75, 3.05) is 26.0 Å². The molecule has 1 N–H and O–H groups in total. The van der Waals surface area contributed by atoms with Crippen LogP contribution in [0.4, 0.5) is 5.69 Å². The van der Waals surface area contributed by atoms with Gasteiger partial charge in [-0.3, -0.25) is 9.69 Å². The van der Waals surface area contributed by atoms with Crippen molar-refractivity contribution in [3.8, 4) is 16.3 Å². The summed E-state index contributed by atoms with van der Waals surface area (Å²) >= 11 is 1.60. The zero-order chi connectivity index (χ0) is 21.0. The Labute approximate surface area is 176 Å². The molecule has 0 atom stereocenters. The number of benzene rings is 2. The minimum atomic E-state index is -0.0224. The predicted octanol–water partition coefficient (Wildman–Crippen LogP) is 4.81. The Morgan fingerprint density at radius 1 is 1.17 bits per heavy atom. The number of hydrogen-bond donors (Lipinski definition) is 1. The fourth-order valence-corrected chi connectivity index (χ4v) is 4.21. The number of anilines is 1. The molecule has 0 fully saturated rings. The Morgan fingerprint density at radius 3 is 2.59 bits per heavy atom. The molecule has 29 heavy (non-hydrogen) atoms. The lowest BCUT2D eigenvalue weighted by Crippen LogP contribution is -2.30. The van der Waals surface area contributed by atoms with Gasteiger partial charge in [0.05, 0.1) is 19.3 Å². The lowest BCUT2D eigenvalue weighted by atomic mass is 10.1. The van der Waals surface area contributed by atoms with Crippen molar-refractivity contribution in [2.45, 2.75) is 27.3 Å². The second kappa shape index (κ2) is 9.20. The first kappa shape index (κ1) is 21.0. The van der Waals surface area contributed by atoms with Gasteiger partial charge in [-0.15, -0.1) is 11.3 Å². The highest BCUT2D eigenvalue weighted by Crippen LogP contribution is 2.27. The van der Waals surface area contributed by atoms with E-state index in [0.29, 0.717) is 13.1 Å². The van der Waals surface area contributed by atoms with Crippen molar-refractivity contribution in [1.29, 1.82) is 0 Å². The number of carbonyl (C=O) groups is 1. The molecule has 1 heterocycles. The molecule has 5 nitrogen and oxygen atoms in total. The number of rotatable bonds is 7. The molecule has 0 spiro atoms. The van der Waals surface area contributed by atoms with Crippen molar-refractivity contribution in [2.24, 2.45) is 0 Å². The van der Waals surface area contributed by atoms with Crippen molar-refractivity contribution in [3.05, 3.63) is 64.2 Å². The van der Waals surface area contributed by atoms with Gasteiger partial charge < -0.3 is 10.1 Å². The predicted molar refractivity (Wildman–Crippen MR) is 120 cm³/mol. The Balaban J connectivity index is 1.60. The molecule has 0 aliphatic heterocycles. The molecule has 0 saturated carbocycles. The Hall–Kier alpha value is -2.70. The van der Waals surface area contributed by atoms with E-state index in [1.807, 2.05) is 55.4 Å². The third-order valence-corrected chi connectivity index (χ3v) is 5.60. The van der Waals surface area contributed by atoms with Crippen LogP contribution in [0.5, 0.6) is 5.75 Å². The number of nitrogens with one attached hydrogen (secondary N) is 1. The minimum Gasteiger partial charge on any atom is -0.497 e. The van der Waals surface area contributed by atoms with Crippen LogP contribution >= 0.6 is 11.3 Å². The van der Waals surface area contributed by atoms with Gasteiger partial charge in [0.2, 0.25) is 5.91 Å². The summed E-state index contributed by atoms with van der Waals surface area (Å²) in [4.78, 5) is 19.2. The second-order valence-electron chi connectivity index (χ2n) is 7.37. The fraction of sp³-hybridized carbons (Fsp3) is 0.304. The molecule has 0 radical (unpaired) electrons. The first-order valence-electron chi connectivity index (χ1n) is 9.51. The number of thiazole rings is 1. The Bertz CT molecular complexity index is 990. The van der Waals surface area contributed by atoms with Crippen LogP contribution in [0.25, 0.3) is 10.6 Å². The summed E-state index contributed by atoms with van der Waals surface area (Å²) in [5, 5.41) is 6.04. The van der Waals surface area contributed by atoms with Gasteiger partial charge >= 0.3 is 0 Å². The molecule has 0 aliphatic carbocycles. The summed E-state index contributed by atoms with van der Waals surface area (Å²) in [6.07, 6.45) is 0. The number of nitrogens with zero attached hydrogens (tertiary/aromatic N) is 2. The molecule has 1 amide bonds. The molecule has 0 unspecified atom stereocenters. The van der Waals surface area contributed by atoms with Crippen molar-refractivity contribution < 1.29 is 9.53 Å². The highest BCUT2D eigenvalue weighted by atomic mass is 32.1. The molecule has 2 aromatic carbocycles. The molecular weight excluding hydrogens is 382 g/mol. The molecule has 0 saturated heterocycles. The number of aromatic nitrogens is 1. The number of hydrogen-bond acceptors (Lipinski definition) is 5. The average Bonchev–Trinajstić information content (AvgIpc) is 3.13. The van der Waals surface area contributed by atoms with Gasteiger partial charge in [0, 0.05) is 23.2 Å². The maximum atomic E-state index is 12.5. The summed E-state index contributed by atoms with van der Waals surface area (Å²) in [5.74, 6) is 0.792. The van der Waals surface area contributed by atoms with Gasteiger partial charge in [0.15, 0.2) is 0 Å². The van der Waals surface area contributed by atoms with Crippen molar-refractivity contribution in [3.63, 3.8) is 0 Å². The highest BCUT2D eigenvalue weighted by molar-refractivity contribution is 7.13. The van der Waals surface area contributed by atoms with Crippen LogP contribution in [0.15, 0.2) is 41.8 Å². The molecule has 3 rings (SSSR count). The summed E-state index contributed by atoms with van der Waals surface area (Å²) < 4.78 is 5.29. The number of ether oxygens (including phenoxy) is 1. The van der Waals surface area contributed by atoms with Gasteiger partial charge in [-0.1, -0.05) is 29.8 Å². The average molecular weight is 410 g/mol. The smallest absolute Gasteiger partial charge is 0.238 e. The van der Waals surface area contributed by atoms with Crippen LogP contribution in [0.2, 0.25) is 0 Å². The molecule has 3 aromatic rings. The Morgan fingerprint density at radius 2 is 1.90 bits per heavy atom. The monoisotopic (exact) mass is 409 g/mol. The normalized spacial score (nSPS) is 11.0. The summed E-state index contributed by atoms with van der Waals surface area (Å²) in [7, 11) is 3.59. The standard InChI is InChI=1S/C23H27N3O2S/c1-15-9-16(2)22(17(3)10-15)25-21(27)13-26(4)12-19-14-29-23(24-19)18-7-6-8-20(11-18)28-5/h6-11,14H,12-13H2,1-5H3,(H,25,27). The van der Waals surface area contributed by atoms with E-state index in [4.69, 9.17) is 9.72 Å². The lowest BCUT2D eigenvalue weighted by molar-refractivity contribution is -0.117. The first-order chi connectivity index (χ1) is 13.9. The van der Waals surface area contributed by atoms with Gasteiger partial charge in [-0.25, -0.2) is 4.98 Å². The quantitative estimate of drug-likeness (QED) is 0.608. The first-order valence-corrected chi connectivity index (χ1v) is 10.4. The third kappa shape index (κ3) is 5.43. The van der Waals surface area contributed by atoms with E-state index in [2.05, 4.69) is 24.4 Å². The van der Waals surface area contributed by atoms with Crippen molar-refractivity contribution >= 4 is 22.9 Å². The van der Waals surface area contributed by atoms with E-state index in [1.54, 1.807) is 18.4 Å². The van der Waals surface area contributed by atoms with Gasteiger partial charge in [0.25, 0.3) is 0 Å². The summed E-state index contributed by atoms with van der Waals surface area (Å²) in [6, 6.07) is 12.0. The van der Waals surface area contributed by atoms with Crippen LogP contribution in [0, 0.1) is 20.8 Å². The minimum absolute atomic E-state index is 0.0224. The molecular formula is C23H27N3O2S. The second-order valence-corrected chi connectivity index (χ2v) is 8.23. The van der Waals surface area contributed by atoms with Gasteiger partial charge in [-0.2, -0.15) is 0 Å². The van der Waals surface area contributed by atoms with Gasteiger partial charge in [0.1, 0.15) is 10.8 Å². The fourth-order valence-electron chi connectivity index (χ4n) is 3.40. The van der Waals surface area contributed by atoms with Crippen LogP contribution in [0.3, 0.4) is 0 Å². The van der Waals surface area contributed by atoms with Crippen LogP contribution in [-0.2, 0) is 11.3 Å². The van der Waals surface area contributed by atoms with E-state index >= 15 is 0 Å². The molecule has 0 bridgehead atoms. The maximum Gasteiger partial charge on any atom is 0.238 e. The summed E-state index contributed by atoms with van der Waals surface area (Å²) in [5.41, 5.74) is 6.26. The van der Waals surface area contributed by atoms with Gasteiger partial charge in [-0.05, 0) is 51.1 Å². The topological polar surface area (TPSA) is 54.5 Å². The van der Waals surface area contributed by atoms with Crippen molar-refractivity contribution in [1.82, 2.24) is 9.88 Å². The van der Waals surface area contributed by atoms with E-state index in [0.717, 1.165) is 38.8 Å². The number of methoxy groups -OCH3 is 1. The third-order valence-electron chi connectivity index (χ3n) is 4.66. The number of aryl methyl sites for hydroxylation is 3. The van der Waals surface area contributed by atoms with E-state index < -0.39 is 0 Å². The molecule has 1 aromatic heterocycles. The van der Waals surface area contributed by atoms with Crippen LogP contribution in [-0.4, -0.2) is 36.5 Å².